The first-order valence-corrected chi connectivity index (χ1v) is 5.99. The summed E-state index contributed by atoms with van der Waals surface area (Å²) in [6.45, 7) is 3.13. The van der Waals surface area contributed by atoms with Crippen molar-refractivity contribution in [2.45, 2.75) is 6.04 Å². The normalized spacial score (nSPS) is 18.9. The summed E-state index contributed by atoms with van der Waals surface area (Å²) >= 11 is 5.91. The van der Waals surface area contributed by atoms with E-state index < -0.39 is 12.0 Å². The first-order valence-electron chi connectivity index (χ1n) is 5.61. The zero-order valence-corrected chi connectivity index (χ0v) is 10.2. The molecule has 0 spiro atoms. The molecule has 1 unspecified atom stereocenters. The number of hydrogen-bond donors (Lipinski definition) is 2. The second-order valence-electron chi connectivity index (χ2n) is 4.08. The van der Waals surface area contributed by atoms with Crippen LogP contribution in [0.3, 0.4) is 0 Å². The van der Waals surface area contributed by atoms with Crippen LogP contribution in [0.15, 0.2) is 24.3 Å². The minimum absolute atomic E-state index is 0.573. The van der Waals surface area contributed by atoms with Gasteiger partial charge in [-0.1, -0.05) is 23.7 Å². The van der Waals surface area contributed by atoms with Crippen LogP contribution in [0.4, 0.5) is 0 Å². The third-order valence-electron chi connectivity index (χ3n) is 2.92. The molecule has 1 heterocycles. The molecule has 2 rings (SSSR count). The number of halogens is 1. The number of carboxylic acids is 1. The molecule has 0 bridgehead atoms. The monoisotopic (exact) mass is 254 g/mol. The second kappa shape index (κ2) is 5.49. The molecule has 0 aliphatic carbocycles. The van der Waals surface area contributed by atoms with Crippen molar-refractivity contribution in [2.75, 3.05) is 26.2 Å². The number of piperazine rings is 1. The molecule has 1 atom stereocenters. The zero-order valence-electron chi connectivity index (χ0n) is 9.40. The summed E-state index contributed by atoms with van der Waals surface area (Å²) in [6, 6.07) is 6.47. The Labute approximate surface area is 105 Å². The van der Waals surface area contributed by atoms with Crippen molar-refractivity contribution < 1.29 is 9.90 Å². The third-order valence-corrected chi connectivity index (χ3v) is 3.15. The lowest BCUT2D eigenvalue weighted by Gasteiger charge is -2.32. The van der Waals surface area contributed by atoms with Gasteiger partial charge >= 0.3 is 5.97 Å². The summed E-state index contributed by atoms with van der Waals surface area (Å²) in [6.07, 6.45) is 0. The van der Waals surface area contributed by atoms with Crippen LogP contribution in [-0.2, 0) is 4.79 Å². The van der Waals surface area contributed by atoms with Gasteiger partial charge in [0.25, 0.3) is 0 Å². The van der Waals surface area contributed by atoms with E-state index in [4.69, 9.17) is 11.6 Å². The smallest absolute Gasteiger partial charge is 0.325 e. The lowest BCUT2D eigenvalue weighted by atomic mass is 10.0. The molecule has 4 nitrogen and oxygen atoms in total. The van der Waals surface area contributed by atoms with Crippen molar-refractivity contribution in [3.63, 3.8) is 0 Å². The zero-order chi connectivity index (χ0) is 12.3. The lowest BCUT2D eigenvalue weighted by Crippen LogP contribution is -2.47. The Hall–Kier alpha value is -1.10. The van der Waals surface area contributed by atoms with Gasteiger partial charge in [-0.05, 0) is 17.7 Å². The Morgan fingerprint density at radius 2 is 2.12 bits per heavy atom. The van der Waals surface area contributed by atoms with Gasteiger partial charge in [0, 0.05) is 31.2 Å². The van der Waals surface area contributed by atoms with Crippen LogP contribution in [0.2, 0.25) is 5.02 Å². The van der Waals surface area contributed by atoms with Crippen LogP contribution < -0.4 is 5.32 Å². The molecule has 5 heteroatoms. The standard InChI is InChI=1S/C12H15ClN2O2/c13-10-3-1-2-9(8-10)11(12(16)17)15-6-4-14-5-7-15/h1-3,8,11,14H,4-7H2,(H,16,17). The predicted octanol–water partition coefficient (Wildman–Crippen LogP) is 1.37. The summed E-state index contributed by atoms with van der Waals surface area (Å²) in [7, 11) is 0. The molecule has 0 saturated carbocycles. The number of aliphatic carboxylic acids is 1. The minimum atomic E-state index is -0.825. The fraction of sp³-hybridized carbons (Fsp3) is 0.417. The van der Waals surface area contributed by atoms with Gasteiger partial charge in [-0.15, -0.1) is 0 Å². The SMILES string of the molecule is O=C(O)C(c1cccc(Cl)c1)N1CCNCC1. The van der Waals surface area contributed by atoms with Crippen molar-refractivity contribution in [2.24, 2.45) is 0 Å². The van der Waals surface area contributed by atoms with Crippen molar-refractivity contribution in [3.05, 3.63) is 34.9 Å². The second-order valence-corrected chi connectivity index (χ2v) is 4.52. The maximum absolute atomic E-state index is 11.4. The van der Waals surface area contributed by atoms with Gasteiger partial charge in [0.15, 0.2) is 0 Å². The summed E-state index contributed by atoms with van der Waals surface area (Å²) < 4.78 is 0. The van der Waals surface area contributed by atoms with Gasteiger partial charge in [-0.2, -0.15) is 0 Å². The Morgan fingerprint density at radius 3 is 2.71 bits per heavy atom. The predicted molar refractivity (Wildman–Crippen MR) is 66.3 cm³/mol. The van der Waals surface area contributed by atoms with E-state index in [0.717, 1.165) is 31.7 Å². The summed E-state index contributed by atoms with van der Waals surface area (Å²) in [5.74, 6) is -0.825. The van der Waals surface area contributed by atoms with Crippen molar-refractivity contribution in [1.82, 2.24) is 10.2 Å². The Morgan fingerprint density at radius 1 is 1.41 bits per heavy atom. The number of carbonyl (C=O) groups is 1. The number of carboxylic acid groups (broad SMARTS) is 1. The first kappa shape index (κ1) is 12.4. The number of hydrogen-bond acceptors (Lipinski definition) is 3. The van der Waals surface area contributed by atoms with Crippen molar-refractivity contribution in [1.29, 1.82) is 0 Å². The van der Waals surface area contributed by atoms with Gasteiger partial charge in [0.2, 0.25) is 0 Å². The summed E-state index contributed by atoms with van der Waals surface area (Å²) in [4.78, 5) is 13.4. The van der Waals surface area contributed by atoms with E-state index in [1.54, 1.807) is 18.2 Å². The van der Waals surface area contributed by atoms with Gasteiger partial charge < -0.3 is 10.4 Å². The highest BCUT2D eigenvalue weighted by molar-refractivity contribution is 6.30. The van der Waals surface area contributed by atoms with E-state index in [-0.39, 0.29) is 0 Å². The van der Waals surface area contributed by atoms with Gasteiger partial charge in [-0.25, -0.2) is 0 Å². The van der Waals surface area contributed by atoms with Crippen molar-refractivity contribution >= 4 is 17.6 Å². The van der Waals surface area contributed by atoms with Crippen LogP contribution >= 0.6 is 11.6 Å². The molecule has 0 aromatic heterocycles. The average Bonchev–Trinajstić information content (AvgIpc) is 2.30. The molecular weight excluding hydrogens is 240 g/mol. The van der Waals surface area contributed by atoms with Gasteiger partial charge in [-0.3, -0.25) is 9.69 Å². The first-order chi connectivity index (χ1) is 8.18. The summed E-state index contributed by atoms with van der Waals surface area (Å²) in [5.41, 5.74) is 0.743. The highest BCUT2D eigenvalue weighted by Gasteiger charge is 2.28. The number of nitrogens with one attached hydrogen (secondary N) is 1. The van der Waals surface area contributed by atoms with E-state index in [1.165, 1.54) is 0 Å². The minimum Gasteiger partial charge on any atom is -0.480 e. The molecule has 92 valence electrons. The van der Waals surface area contributed by atoms with Crippen molar-refractivity contribution in [3.8, 4) is 0 Å². The van der Waals surface area contributed by atoms with E-state index >= 15 is 0 Å². The Kier molecular flexibility index (Phi) is 3.99. The summed E-state index contributed by atoms with van der Waals surface area (Å²) in [5, 5.41) is 13.1. The number of nitrogens with zero attached hydrogens (tertiary/aromatic N) is 1. The fourth-order valence-corrected chi connectivity index (χ4v) is 2.33. The maximum Gasteiger partial charge on any atom is 0.325 e. The highest BCUT2D eigenvalue weighted by atomic mass is 35.5. The largest absolute Gasteiger partial charge is 0.480 e. The van der Waals surface area contributed by atoms with Crippen LogP contribution in [0.5, 0.6) is 0 Å². The number of rotatable bonds is 3. The van der Waals surface area contributed by atoms with E-state index in [1.807, 2.05) is 11.0 Å². The van der Waals surface area contributed by atoms with Gasteiger partial charge in [0.1, 0.15) is 6.04 Å². The Bertz CT molecular complexity index is 405. The third kappa shape index (κ3) is 2.97. The molecule has 0 amide bonds. The van der Waals surface area contributed by atoms with E-state index in [2.05, 4.69) is 5.32 Å². The quantitative estimate of drug-likeness (QED) is 0.856. The van der Waals surface area contributed by atoms with Crippen LogP contribution in [0, 0.1) is 0 Å². The molecule has 2 N–H and O–H groups in total. The fourth-order valence-electron chi connectivity index (χ4n) is 2.13. The van der Waals surface area contributed by atoms with Crippen LogP contribution in [0.25, 0.3) is 0 Å². The highest BCUT2D eigenvalue weighted by Crippen LogP contribution is 2.24. The maximum atomic E-state index is 11.4. The van der Waals surface area contributed by atoms with E-state index in [0.29, 0.717) is 5.02 Å². The van der Waals surface area contributed by atoms with Crippen LogP contribution in [-0.4, -0.2) is 42.2 Å². The molecule has 0 radical (unpaired) electrons. The molecule has 1 aliphatic heterocycles. The molecule has 17 heavy (non-hydrogen) atoms. The van der Waals surface area contributed by atoms with Crippen LogP contribution in [0.1, 0.15) is 11.6 Å². The van der Waals surface area contributed by atoms with Gasteiger partial charge in [0.05, 0.1) is 0 Å². The molecule has 1 aromatic carbocycles. The van der Waals surface area contributed by atoms with E-state index in [9.17, 15) is 9.90 Å². The average molecular weight is 255 g/mol. The molecule has 1 saturated heterocycles. The number of benzene rings is 1. The molecule has 1 aromatic rings. The molecule has 1 aliphatic rings. The molecule has 1 fully saturated rings. The lowest BCUT2D eigenvalue weighted by molar-refractivity contribution is -0.143. The Balaban J connectivity index is 2.25. The topological polar surface area (TPSA) is 52.6 Å². The molecular formula is C12H15ClN2O2.